The summed E-state index contributed by atoms with van der Waals surface area (Å²) in [6.45, 7) is 5.94. The van der Waals surface area contributed by atoms with E-state index in [1.807, 2.05) is 13.8 Å². The van der Waals surface area contributed by atoms with Crippen LogP contribution in [-0.4, -0.2) is 37.0 Å². The van der Waals surface area contributed by atoms with E-state index in [1.54, 1.807) is 0 Å². The largest absolute Gasteiger partial charge is 0.479 e. The highest BCUT2D eigenvalue weighted by Gasteiger charge is 2.34. The molecule has 0 fully saturated rings. The Labute approximate surface area is 78.8 Å². The predicted molar refractivity (Wildman–Crippen MR) is 48.7 cm³/mol. The molecule has 0 spiro atoms. The predicted octanol–water partition coefficient (Wildman–Crippen LogP) is 1.15. The minimum absolute atomic E-state index is 0.0645. The van der Waals surface area contributed by atoms with Crippen LogP contribution in [0.5, 0.6) is 0 Å². The van der Waals surface area contributed by atoms with E-state index in [2.05, 4.69) is 0 Å². The maximum atomic E-state index is 10.8. The number of carboxylic acids is 1. The molecule has 0 aromatic rings. The maximum Gasteiger partial charge on any atom is 0.338 e. The lowest BCUT2D eigenvalue weighted by Gasteiger charge is -2.25. The molecule has 4 heteroatoms. The van der Waals surface area contributed by atoms with Crippen LogP contribution in [0.1, 0.15) is 20.8 Å². The first-order chi connectivity index (χ1) is 5.92. The van der Waals surface area contributed by atoms with Crippen LogP contribution in [0.3, 0.4) is 0 Å². The molecule has 0 aliphatic carbocycles. The van der Waals surface area contributed by atoms with Crippen molar-refractivity contribution in [3.05, 3.63) is 0 Å². The molecule has 0 bridgehead atoms. The molecular weight excluding hydrogens is 172 g/mol. The van der Waals surface area contributed by atoms with Crippen molar-refractivity contribution in [2.45, 2.75) is 26.4 Å². The molecule has 78 valence electrons. The Morgan fingerprint density at radius 2 is 2.08 bits per heavy atom. The molecule has 0 saturated carbocycles. The van der Waals surface area contributed by atoms with Gasteiger partial charge in [-0.2, -0.15) is 0 Å². The van der Waals surface area contributed by atoms with Gasteiger partial charge in [0.1, 0.15) is 0 Å². The lowest BCUT2D eigenvalue weighted by Crippen LogP contribution is -2.43. The highest BCUT2D eigenvalue weighted by Crippen LogP contribution is 2.12. The van der Waals surface area contributed by atoms with Gasteiger partial charge in [0.15, 0.2) is 5.60 Å². The Balaban J connectivity index is 4.16. The van der Waals surface area contributed by atoms with Crippen molar-refractivity contribution in [1.82, 2.24) is 0 Å². The molecule has 0 heterocycles. The normalized spacial score (nSPS) is 15.8. The monoisotopic (exact) mass is 190 g/mol. The fourth-order valence-electron chi connectivity index (χ4n) is 0.791. The zero-order valence-corrected chi connectivity index (χ0v) is 8.66. The number of hydrogen-bond donors (Lipinski definition) is 1. The minimum Gasteiger partial charge on any atom is -0.479 e. The molecule has 13 heavy (non-hydrogen) atoms. The van der Waals surface area contributed by atoms with Crippen LogP contribution >= 0.6 is 0 Å². The standard InChI is InChI=1S/C9H18O4/c1-7(2)5-13-9(3,6-12-4)8(10)11/h7H,5-6H2,1-4H3,(H,10,11). The average molecular weight is 190 g/mol. The zero-order chi connectivity index (χ0) is 10.5. The van der Waals surface area contributed by atoms with Gasteiger partial charge in [-0.25, -0.2) is 4.79 Å². The topological polar surface area (TPSA) is 55.8 Å². The van der Waals surface area contributed by atoms with E-state index in [1.165, 1.54) is 14.0 Å². The number of methoxy groups -OCH3 is 1. The molecule has 0 radical (unpaired) electrons. The highest BCUT2D eigenvalue weighted by atomic mass is 16.6. The molecule has 0 saturated heterocycles. The van der Waals surface area contributed by atoms with Gasteiger partial charge in [-0.1, -0.05) is 13.8 Å². The third-order valence-corrected chi connectivity index (χ3v) is 1.61. The first-order valence-electron chi connectivity index (χ1n) is 4.28. The first-order valence-corrected chi connectivity index (χ1v) is 4.28. The summed E-state index contributed by atoms with van der Waals surface area (Å²) < 4.78 is 10.1. The van der Waals surface area contributed by atoms with Gasteiger partial charge in [-0.15, -0.1) is 0 Å². The van der Waals surface area contributed by atoms with Gasteiger partial charge in [0.25, 0.3) is 0 Å². The number of hydrogen-bond acceptors (Lipinski definition) is 3. The van der Waals surface area contributed by atoms with Crippen LogP contribution in [0.2, 0.25) is 0 Å². The van der Waals surface area contributed by atoms with Gasteiger partial charge < -0.3 is 14.6 Å². The molecule has 0 amide bonds. The second-order valence-corrected chi connectivity index (χ2v) is 3.67. The molecule has 0 aliphatic heterocycles. The van der Waals surface area contributed by atoms with Gasteiger partial charge >= 0.3 is 5.97 Å². The van der Waals surface area contributed by atoms with Crippen LogP contribution in [0.25, 0.3) is 0 Å². The minimum atomic E-state index is -1.22. The quantitative estimate of drug-likeness (QED) is 0.682. The molecular formula is C9H18O4. The number of carboxylic acid groups (broad SMARTS) is 1. The molecule has 1 N–H and O–H groups in total. The Kier molecular flexibility index (Phi) is 4.95. The molecule has 0 aromatic heterocycles. The Morgan fingerprint density at radius 3 is 2.38 bits per heavy atom. The van der Waals surface area contributed by atoms with E-state index in [-0.39, 0.29) is 6.61 Å². The van der Waals surface area contributed by atoms with Crippen LogP contribution in [0.4, 0.5) is 0 Å². The highest BCUT2D eigenvalue weighted by molar-refractivity contribution is 5.77. The molecule has 1 atom stereocenters. The summed E-state index contributed by atoms with van der Waals surface area (Å²) in [5, 5.41) is 8.87. The van der Waals surface area contributed by atoms with Crippen molar-refractivity contribution in [1.29, 1.82) is 0 Å². The molecule has 1 unspecified atom stereocenters. The van der Waals surface area contributed by atoms with Crippen molar-refractivity contribution in [2.75, 3.05) is 20.3 Å². The summed E-state index contributed by atoms with van der Waals surface area (Å²) in [5.41, 5.74) is -1.22. The lowest BCUT2D eigenvalue weighted by atomic mass is 10.1. The van der Waals surface area contributed by atoms with Gasteiger partial charge in [0, 0.05) is 7.11 Å². The van der Waals surface area contributed by atoms with Crippen molar-refractivity contribution in [2.24, 2.45) is 5.92 Å². The summed E-state index contributed by atoms with van der Waals surface area (Å²) in [6.07, 6.45) is 0. The summed E-state index contributed by atoms with van der Waals surface area (Å²) in [7, 11) is 1.46. The van der Waals surface area contributed by atoms with Gasteiger partial charge in [-0.05, 0) is 12.8 Å². The van der Waals surface area contributed by atoms with Gasteiger partial charge in [0.05, 0.1) is 13.2 Å². The average Bonchev–Trinajstić information content (AvgIpc) is 2.01. The Morgan fingerprint density at radius 1 is 1.54 bits per heavy atom. The van der Waals surface area contributed by atoms with E-state index < -0.39 is 11.6 Å². The Hall–Kier alpha value is -0.610. The van der Waals surface area contributed by atoms with Gasteiger partial charge in [-0.3, -0.25) is 0 Å². The van der Waals surface area contributed by atoms with Crippen LogP contribution < -0.4 is 0 Å². The second-order valence-electron chi connectivity index (χ2n) is 3.67. The summed E-state index contributed by atoms with van der Waals surface area (Å²) in [4.78, 5) is 10.8. The van der Waals surface area contributed by atoms with Crippen molar-refractivity contribution < 1.29 is 19.4 Å². The summed E-state index contributed by atoms with van der Waals surface area (Å²) >= 11 is 0. The van der Waals surface area contributed by atoms with E-state index in [9.17, 15) is 4.79 Å². The van der Waals surface area contributed by atoms with Crippen LogP contribution in [0, 0.1) is 5.92 Å². The summed E-state index contributed by atoms with van der Waals surface area (Å²) in [6, 6.07) is 0. The smallest absolute Gasteiger partial charge is 0.338 e. The number of rotatable bonds is 6. The summed E-state index contributed by atoms with van der Waals surface area (Å²) in [5.74, 6) is -0.675. The van der Waals surface area contributed by atoms with Crippen molar-refractivity contribution in [3.63, 3.8) is 0 Å². The van der Waals surface area contributed by atoms with E-state index >= 15 is 0 Å². The molecule has 0 rings (SSSR count). The lowest BCUT2D eigenvalue weighted by molar-refractivity contribution is -0.171. The fourth-order valence-corrected chi connectivity index (χ4v) is 0.791. The molecule has 0 aromatic carbocycles. The van der Waals surface area contributed by atoms with E-state index in [0.29, 0.717) is 12.5 Å². The third-order valence-electron chi connectivity index (χ3n) is 1.61. The zero-order valence-electron chi connectivity index (χ0n) is 8.66. The molecule has 4 nitrogen and oxygen atoms in total. The van der Waals surface area contributed by atoms with Crippen molar-refractivity contribution >= 4 is 5.97 Å². The second kappa shape index (κ2) is 5.19. The third kappa shape index (κ3) is 4.24. The van der Waals surface area contributed by atoms with Crippen LogP contribution in [-0.2, 0) is 14.3 Å². The van der Waals surface area contributed by atoms with E-state index in [4.69, 9.17) is 14.6 Å². The Bertz CT molecular complexity index is 167. The number of aliphatic carboxylic acids is 1. The van der Waals surface area contributed by atoms with Gasteiger partial charge in [0.2, 0.25) is 0 Å². The SMILES string of the molecule is COCC(C)(OCC(C)C)C(=O)O. The molecule has 0 aliphatic rings. The van der Waals surface area contributed by atoms with E-state index in [0.717, 1.165) is 0 Å². The van der Waals surface area contributed by atoms with Crippen LogP contribution in [0.15, 0.2) is 0 Å². The first kappa shape index (κ1) is 12.4. The number of ether oxygens (including phenoxy) is 2. The van der Waals surface area contributed by atoms with Crippen molar-refractivity contribution in [3.8, 4) is 0 Å². The maximum absolute atomic E-state index is 10.8. The number of carbonyl (C=O) groups is 1. The fraction of sp³-hybridized carbons (Fsp3) is 0.889.